The molecule has 0 aliphatic carbocycles. The van der Waals surface area contributed by atoms with Gasteiger partial charge in [0.05, 0.1) is 7.11 Å². The molecule has 1 aromatic carbocycles. The fraction of sp³-hybridized carbons (Fsp3) is 0.250. The third-order valence-electron chi connectivity index (χ3n) is 2.73. The van der Waals surface area contributed by atoms with Gasteiger partial charge in [-0.05, 0) is 25.5 Å². The van der Waals surface area contributed by atoms with Gasteiger partial charge in [-0.15, -0.1) is 0 Å². The fourth-order valence-corrected chi connectivity index (χ4v) is 1.71. The molecular weight excluding hydrogens is 208 g/mol. The van der Waals surface area contributed by atoms with Gasteiger partial charge < -0.3 is 14.3 Å². The minimum Gasteiger partial charge on any atom is -0.496 e. The van der Waals surface area contributed by atoms with Crippen LogP contribution in [0.25, 0.3) is 11.0 Å². The number of carbonyl (C=O) groups is 1. The van der Waals surface area contributed by atoms with Gasteiger partial charge in [0.15, 0.2) is 0 Å². The molecule has 0 aliphatic rings. The zero-order valence-electron chi connectivity index (χ0n) is 9.33. The van der Waals surface area contributed by atoms with E-state index in [9.17, 15) is 4.79 Å². The number of carboxylic acids is 1. The first-order valence-corrected chi connectivity index (χ1v) is 4.85. The molecule has 1 N–H and O–H groups in total. The van der Waals surface area contributed by atoms with Crippen LogP contribution in [0.2, 0.25) is 0 Å². The maximum atomic E-state index is 11.0. The van der Waals surface area contributed by atoms with Gasteiger partial charge in [-0.2, -0.15) is 0 Å². The fourth-order valence-electron chi connectivity index (χ4n) is 1.71. The molecule has 0 saturated heterocycles. The van der Waals surface area contributed by atoms with E-state index in [0.29, 0.717) is 11.3 Å². The van der Waals surface area contributed by atoms with E-state index >= 15 is 0 Å². The number of aromatic carboxylic acids is 1. The molecule has 0 bridgehead atoms. The molecule has 16 heavy (non-hydrogen) atoms. The van der Waals surface area contributed by atoms with Crippen molar-refractivity contribution in [2.45, 2.75) is 13.8 Å². The Morgan fingerprint density at radius 1 is 1.38 bits per heavy atom. The SMILES string of the molecule is COc1cc2oc(C)c(C)c2cc1C(=O)O. The van der Waals surface area contributed by atoms with Crippen molar-refractivity contribution in [2.75, 3.05) is 7.11 Å². The molecular formula is C12H12O4. The molecule has 1 aromatic heterocycles. The average molecular weight is 220 g/mol. The third kappa shape index (κ3) is 1.43. The molecule has 84 valence electrons. The van der Waals surface area contributed by atoms with Gasteiger partial charge in [-0.25, -0.2) is 4.79 Å². The molecule has 4 heteroatoms. The van der Waals surface area contributed by atoms with Gasteiger partial charge >= 0.3 is 5.97 Å². The second-order valence-electron chi connectivity index (χ2n) is 3.64. The number of carboxylic acid groups (broad SMARTS) is 1. The Morgan fingerprint density at radius 3 is 2.62 bits per heavy atom. The number of aryl methyl sites for hydroxylation is 2. The van der Waals surface area contributed by atoms with E-state index in [1.807, 2.05) is 13.8 Å². The first kappa shape index (κ1) is 10.5. The van der Waals surface area contributed by atoms with Crippen LogP contribution in [0, 0.1) is 13.8 Å². The molecule has 0 radical (unpaired) electrons. The van der Waals surface area contributed by atoms with Gasteiger partial charge in [-0.1, -0.05) is 0 Å². The molecule has 0 atom stereocenters. The summed E-state index contributed by atoms with van der Waals surface area (Å²) in [5, 5.41) is 9.86. The van der Waals surface area contributed by atoms with Crippen LogP contribution >= 0.6 is 0 Å². The lowest BCUT2D eigenvalue weighted by Crippen LogP contribution is -2.00. The Balaban J connectivity index is 2.80. The topological polar surface area (TPSA) is 59.7 Å². The predicted octanol–water partition coefficient (Wildman–Crippen LogP) is 2.76. The average Bonchev–Trinajstić information content (AvgIpc) is 2.53. The zero-order chi connectivity index (χ0) is 11.9. The Hall–Kier alpha value is -1.97. The second-order valence-corrected chi connectivity index (χ2v) is 3.64. The van der Waals surface area contributed by atoms with Gasteiger partial charge in [0.1, 0.15) is 22.7 Å². The van der Waals surface area contributed by atoms with Gasteiger partial charge in [0.25, 0.3) is 0 Å². The number of methoxy groups -OCH3 is 1. The van der Waals surface area contributed by atoms with Crippen molar-refractivity contribution >= 4 is 16.9 Å². The molecule has 0 saturated carbocycles. The van der Waals surface area contributed by atoms with Crippen LogP contribution in [0.1, 0.15) is 21.7 Å². The van der Waals surface area contributed by atoms with Crippen molar-refractivity contribution in [1.29, 1.82) is 0 Å². The number of benzene rings is 1. The summed E-state index contributed by atoms with van der Waals surface area (Å²) in [5.74, 6) is 0.102. The first-order valence-electron chi connectivity index (χ1n) is 4.85. The van der Waals surface area contributed by atoms with Crippen molar-refractivity contribution in [3.05, 3.63) is 29.0 Å². The van der Waals surface area contributed by atoms with Gasteiger partial charge in [0, 0.05) is 11.5 Å². The molecule has 1 heterocycles. The number of fused-ring (bicyclic) bond motifs is 1. The highest BCUT2D eigenvalue weighted by molar-refractivity contribution is 5.97. The summed E-state index contributed by atoms with van der Waals surface area (Å²) < 4.78 is 10.5. The van der Waals surface area contributed by atoms with E-state index < -0.39 is 5.97 Å². The van der Waals surface area contributed by atoms with Crippen molar-refractivity contribution in [3.63, 3.8) is 0 Å². The lowest BCUT2D eigenvalue weighted by molar-refractivity contribution is 0.0693. The van der Waals surface area contributed by atoms with Crippen molar-refractivity contribution in [3.8, 4) is 5.75 Å². The van der Waals surface area contributed by atoms with Crippen molar-refractivity contribution < 1.29 is 19.1 Å². The third-order valence-corrected chi connectivity index (χ3v) is 2.73. The largest absolute Gasteiger partial charge is 0.496 e. The van der Waals surface area contributed by atoms with Crippen LogP contribution in [0.3, 0.4) is 0 Å². The Morgan fingerprint density at radius 2 is 2.06 bits per heavy atom. The summed E-state index contributed by atoms with van der Waals surface area (Å²) in [6.45, 7) is 3.75. The highest BCUT2D eigenvalue weighted by Crippen LogP contribution is 2.31. The van der Waals surface area contributed by atoms with Crippen LogP contribution in [-0.4, -0.2) is 18.2 Å². The van der Waals surface area contributed by atoms with Crippen LogP contribution in [-0.2, 0) is 0 Å². The zero-order valence-corrected chi connectivity index (χ0v) is 9.33. The monoisotopic (exact) mass is 220 g/mol. The predicted molar refractivity (Wildman–Crippen MR) is 59.2 cm³/mol. The highest BCUT2D eigenvalue weighted by atomic mass is 16.5. The summed E-state index contributed by atoms with van der Waals surface area (Å²) in [6.07, 6.45) is 0. The second kappa shape index (κ2) is 3.56. The Labute approximate surface area is 92.4 Å². The Kier molecular flexibility index (Phi) is 2.34. The minimum atomic E-state index is -1.00. The Bertz CT molecular complexity index is 566. The highest BCUT2D eigenvalue weighted by Gasteiger charge is 2.16. The van der Waals surface area contributed by atoms with E-state index in [4.69, 9.17) is 14.3 Å². The molecule has 0 spiro atoms. The van der Waals surface area contributed by atoms with E-state index in [1.54, 1.807) is 12.1 Å². The van der Waals surface area contributed by atoms with Crippen LogP contribution in [0.4, 0.5) is 0 Å². The molecule has 0 aliphatic heterocycles. The standard InChI is InChI=1S/C12H12O4/c1-6-7(2)16-11-5-10(15-3)9(12(13)14)4-8(6)11/h4-5H,1-3H3,(H,13,14). The summed E-state index contributed by atoms with van der Waals surface area (Å²) >= 11 is 0. The van der Waals surface area contributed by atoms with Crippen LogP contribution in [0.15, 0.2) is 16.5 Å². The van der Waals surface area contributed by atoms with E-state index in [-0.39, 0.29) is 5.56 Å². The number of hydrogen-bond acceptors (Lipinski definition) is 3. The van der Waals surface area contributed by atoms with E-state index in [1.165, 1.54) is 7.11 Å². The molecule has 2 aromatic rings. The first-order chi connectivity index (χ1) is 7.54. The van der Waals surface area contributed by atoms with E-state index in [2.05, 4.69) is 0 Å². The maximum Gasteiger partial charge on any atom is 0.339 e. The smallest absolute Gasteiger partial charge is 0.339 e. The summed E-state index contributed by atoms with van der Waals surface area (Å²) in [7, 11) is 1.44. The molecule has 0 unspecified atom stereocenters. The maximum absolute atomic E-state index is 11.0. The number of hydrogen-bond donors (Lipinski definition) is 1. The minimum absolute atomic E-state index is 0.152. The van der Waals surface area contributed by atoms with Crippen LogP contribution < -0.4 is 4.74 Å². The normalized spacial score (nSPS) is 10.7. The summed E-state index contributed by atoms with van der Waals surface area (Å²) in [4.78, 5) is 11.0. The molecule has 0 fully saturated rings. The number of furan rings is 1. The molecule has 0 amide bonds. The lowest BCUT2D eigenvalue weighted by Gasteiger charge is -2.04. The molecule has 4 nitrogen and oxygen atoms in total. The number of ether oxygens (including phenoxy) is 1. The summed E-state index contributed by atoms with van der Waals surface area (Å²) in [5.41, 5.74) is 1.76. The lowest BCUT2D eigenvalue weighted by atomic mass is 10.1. The number of rotatable bonds is 2. The van der Waals surface area contributed by atoms with Gasteiger partial charge in [0.2, 0.25) is 0 Å². The van der Waals surface area contributed by atoms with Gasteiger partial charge in [-0.3, -0.25) is 0 Å². The van der Waals surface area contributed by atoms with E-state index in [0.717, 1.165) is 16.7 Å². The summed E-state index contributed by atoms with van der Waals surface area (Å²) in [6, 6.07) is 3.20. The van der Waals surface area contributed by atoms with Crippen molar-refractivity contribution in [2.24, 2.45) is 0 Å². The van der Waals surface area contributed by atoms with Crippen LogP contribution in [0.5, 0.6) is 5.75 Å². The quantitative estimate of drug-likeness (QED) is 0.845. The molecule has 2 rings (SSSR count). The van der Waals surface area contributed by atoms with Crippen molar-refractivity contribution in [1.82, 2.24) is 0 Å².